The number of hydrogen-bond donors (Lipinski definition) is 0. The molecule has 4 heterocycles. The first-order chi connectivity index (χ1) is 15.2. The Bertz CT molecular complexity index is 851. The number of rotatable bonds is 3. The topological polar surface area (TPSA) is 78.9 Å². The Morgan fingerprint density at radius 3 is 2.41 bits per heavy atom. The van der Waals surface area contributed by atoms with Crippen molar-refractivity contribution in [3.63, 3.8) is 0 Å². The number of carbonyl (C=O) groups excluding carboxylic acids is 2. The van der Waals surface area contributed by atoms with E-state index in [1.165, 1.54) is 11.2 Å². The van der Waals surface area contributed by atoms with Crippen LogP contribution < -0.4 is 4.90 Å². The Morgan fingerprint density at radius 1 is 1.06 bits per heavy atom. The maximum atomic E-state index is 13.6. The number of anilines is 1. The fraction of sp³-hybridized carbons (Fsp3) is 0.714. The summed E-state index contributed by atoms with van der Waals surface area (Å²) >= 11 is 0. The fourth-order valence-corrected chi connectivity index (χ4v) is 4.97. The Balaban J connectivity index is 1.45. The molecular weight excluding hydrogens is 427 g/mol. The quantitative estimate of drug-likeness (QED) is 0.697. The van der Waals surface area contributed by atoms with Gasteiger partial charge in [-0.2, -0.15) is 13.2 Å². The van der Waals surface area contributed by atoms with E-state index in [0.29, 0.717) is 30.8 Å². The maximum absolute atomic E-state index is 13.6. The van der Waals surface area contributed by atoms with Crippen molar-refractivity contribution in [3.05, 3.63) is 18.1 Å². The van der Waals surface area contributed by atoms with Crippen LogP contribution in [0.3, 0.4) is 0 Å². The summed E-state index contributed by atoms with van der Waals surface area (Å²) in [5.74, 6) is 0.540. The minimum absolute atomic E-state index is 0.119. The lowest BCUT2D eigenvalue weighted by Crippen LogP contribution is -2.55. The first-order valence-corrected chi connectivity index (χ1v) is 11.1. The lowest BCUT2D eigenvalue weighted by Gasteiger charge is -2.45. The average molecular weight is 455 g/mol. The number of hydrogen-bond acceptors (Lipinski definition) is 6. The molecule has 3 saturated heterocycles. The molecule has 0 aromatic carbocycles. The molecule has 3 fully saturated rings. The fourth-order valence-electron chi connectivity index (χ4n) is 4.97. The number of piperidine rings is 1. The van der Waals surface area contributed by atoms with Crippen molar-refractivity contribution < 1.29 is 27.5 Å². The second-order valence-electron chi connectivity index (χ2n) is 8.79. The lowest BCUT2D eigenvalue weighted by molar-refractivity contribution is -0.200. The Hall–Kier alpha value is -2.59. The smallest absolute Gasteiger partial charge is 0.425 e. The number of halogens is 3. The van der Waals surface area contributed by atoms with Crippen LogP contribution in [-0.4, -0.2) is 82.3 Å². The highest BCUT2D eigenvalue weighted by atomic mass is 19.4. The van der Waals surface area contributed by atoms with E-state index in [9.17, 15) is 22.8 Å². The highest BCUT2D eigenvalue weighted by Gasteiger charge is 2.48. The molecule has 0 N–H and O–H groups in total. The molecule has 3 aliphatic heterocycles. The molecule has 32 heavy (non-hydrogen) atoms. The first-order valence-electron chi connectivity index (χ1n) is 11.1. The van der Waals surface area contributed by atoms with E-state index >= 15 is 0 Å². The van der Waals surface area contributed by atoms with E-state index in [2.05, 4.69) is 19.6 Å². The van der Waals surface area contributed by atoms with Gasteiger partial charge >= 0.3 is 12.3 Å². The highest BCUT2D eigenvalue weighted by Crippen LogP contribution is 2.40. The summed E-state index contributed by atoms with van der Waals surface area (Å²) in [6, 6.07) is 0. The van der Waals surface area contributed by atoms with Crippen molar-refractivity contribution in [3.8, 4) is 0 Å². The molecule has 176 valence electrons. The van der Waals surface area contributed by atoms with Crippen molar-refractivity contribution in [2.45, 2.75) is 63.3 Å². The van der Waals surface area contributed by atoms with Crippen LogP contribution in [0.15, 0.2) is 12.5 Å². The van der Waals surface area contributed by atoms with Crippen LogP contribution in [0.1, 0.15) is 55.8 Å². The number of ether oxygens (including phenoxy) is 1. The Kier molecular flexibility index (Phi) is 6.17. The van der Waals surface area contributed by atoms with Crippen molar-refractivity contribution in [2.24, 2.45) is 0 Å². The molecule has 11 heteroatoms. The zero-order valence-corrected chi connectivity index (χ0v) is 18.1. The average Bonchev–Trinajstić information content (AvgIpc) is 3.44. The third-order valence-corrected chi connectivity index (χ3v) is 6.86. The molecule has 0 saturated carbocycles. The van der Waals surface area contributed by atoms with E-state index in [4.69, 9.17) is 0 Å². The lowest BCUT2D eigenvalue weighted by atomic mass is 9.84. The molecule has 0 bridgehead atoms. The normalized spacial score (nSPS) is 21.8. The van der Waals surface area contributed by atoms with Crippen molar-refractivity contribution in [2.75, 3.05) is 37.6 Å². The van der Waals surface area contributed by atoms with Crippen LogP contribution in [0.5, 0.6) is 0 Å². The van der Waals surface area contributed by atoms with Crippen LogP contribution in [0.25, 0.3) is 0 Å². The number of aromatic nitrogens is 2. The zero-order chi connectivity index (χ0) is 22.9. The second-order valence-corrected chi connectivity index (χ2v) is 8.79. The Morgan fingerprint density at radius 2 is 1.75 bits per heavy atom. The van der Waals surface area contributed by atoms with E-state index in [1.807, 2.05) is 4.90 Å². The summed E-state index contributed by atoms with van der Waals surface area (Å²) in [6.45, 7) is 3.63. The van der Waals surface area contributed by atoms with Gasteiger partial charge in [0.05, 0.1) is 0 Å². The standard InChI is InChI=1S/C21H28F3N5O3/c1-15(21(22,23)24)32-19(31)28-11-6-20(7-12-28)5-4-10-29(20)18(30)16-13-25-14-26-17(16)27-8-2-3-9-27/h13-15H,2-12H2,1H3. The molecule has 3 aliphatic rings. The summed E-state index contributed by atoms with van der Waals surface area (Å²) < 4.78 is 42.7. The Labute approximate surface area is 184 Å². The summed E-state index contributed by atoms with van der Waals surface area (Å²) in [4.78, 5) is 39.5. The minimum Gasteiger partial charge on any atom is -0.437 e. The molecule has 0 radical (unpaired) electrons. The minimum atomic E-state index is -4.59. The molecular formula is C21H28F3N5O3. The van der Waals surface area contributed by atoms with Gasteiger partial charge in [0.1, 0.15) is 17.7 Å². The van der Waals surface area contributed by atoms with Gasteiger partial charge < -0.3 is 19.4 Å². The molecule has 1 aromatic heterocycles. The van der Waals surface area contributed by atoms with Gasteiger partial charge in [-0.05, 0) is 45.4 Å². The van der Waals surface area contributed by atoms with Crippen LogP contribution >= 0.6 is 0 Å². The summed E-state index contributed by atoms with van der Waals surface area (Å²) in [5, 5.41) is 0. The van der Waals surface area contributed by atoms with E-state index in [-0.39, 0.29) is 19.0 Å². The summed E-state index contributed by atoms with van der Waals surface area (Å²) in [5.41, 5.74) is 0.0678. The highest BCUT2D eigenvalue weighted by molar-refractivity contribution is 5.99. The largest absolute Gasteiger partial charge is 0.437 e. The van der Waals surface area contributed by atoms with Crippen LogP contribution in [0.4, 0.5) is 23.8 Å². The molecule has 0 aliphatic carbocycles. The van der Waals surface area contributed by atoms with E-state index < -0.39 is 23.9 Å². The third-order valence-electron chi connectivity index (χ3n) is 6.86. The predicted octanol–water partition coefficient (Wildman–Crippen LogP) is 3.23. The second kappa shape index (κ2) is 8.74. The van der Waals surface area contributed by atoms with E-state index in [0.717, 1.165) is 45.7 Å². The van der Waals surface area contributed by atoms with Gasteiger partial charge in [0.2, 0.25) is 0 Å². The molecule has 8 nitrogen and oxygen atoms in total. The SMILES string of the molecule is CC(OC(=O)N1CCC2(CCCN2C(=O)c2cncnc2N2CCCC2)CC1)C(F)(F)F. The molecule has 1 aromatic rings. The van der Waals surface area contributed by atoms with Gasteiger partial charge in [-0.15, -0.1) is 0 Å². The number of carbonyl (C=O) groups is 2. The maximum Gasteiger partial charge on any atom is 0.425 e. The van der Waals surface area contributed by atoms with Gasteiger partial charge in [-0.3, -0.25) is 4.79 Å². The first kappa shape index (κ1) is 22.6. The molecule has 2 amide bonds. The number of alkyl halides is 3. The van der Waals surface area contributed by atoms with Gasteiger partial charge in [0, 0.05) is 44.5 Å². The monoisotopic (exact) mass is 455 g/mol. The van der Waals surface area contributed by atoms with E-state index in [1.54, 1.807) is 6.20 Å². The zero-order valence-electron chi connectivity index (χ0n) is 18.1. The van der Waals surface area contributed by atoms with Crippen molar-refractivity contribution in [1.29, 1.82) is 0 Å². The van der Waals surface area contributed by atoms with Crippen LogP contribution in [0, 0.1) is 0 Å². The molecule has 4 rings (SSSR count). The van der Waals surface area contributed by atoms with Gasteiger partial charge in [-0.25, -0.2) is 14.8 Å². The predicted molar refractivity (Wildman–Crippen MR) is 109 cm³/mol. The van der Waals surface area contributed by atoms with Crippen LogP contribution in [0.2, 0.25) is 0 Å². The van der Waals surface area contributed by atoms with Gasteiger partial charge in [0.15, 0.2) is 6.10 Å². The van der Waals surface area contributed by atoms with Gasteiger partial charge in [0.25, 0.3) is 5.91 Å². The summed E-state index contributed by atoms with van der Waals surface area (Å²) in [7, 11) is 0. The molecule has 1 spiro atoms. The van der Waals surface area contributed by atoms with Gasteiger partial charge in [-0.1, -0.05) is 0 Å². The number of nitrogens with zero attached hydrogens (tertiary/aromatic N) is 5. The molecule has 1 unspecified atom stereocenters. The van der Waals surface area contributed by atoms with Crippen molar-refractivity contribution >= 4 is 17.8 Å². The van der Waals surface area contributed by atoms with Crippen molar-refractivity contribution in [1.82, 2.24) is 19.8 Å². The number of amides is 2. The molecule has 1 atom stereocenters. The van der Waals surface area contributed by atoms with Crippen LogP contribution in [-0.2, 0) is 4.74 Å². The third kappa shape index (κ3) is 4.33. The number of likely N-dealkylation sites (tertiary alicyclic amines) is 2. The summed E-state index contributed by atoms with van der Waals surface area (Å²) in [6.07, 6.45) is 0.0749.